The van der Waals surface area contributed by atoms with Crippen molar-refractivity contribution in [2.24, 2.45) is 0 Å². The molecule has 7 aromatic carbocycles. The molecule has 0 N–H and O–H groups in total. The second kappa shape index (κ2) is 11.6. The van der Waals surface area contributed by atoms with Gasteiger partial charge in [0.05, 0.1) is 16.6 Å². The summed E-state index contributed by atoms with van der Waals surface area (Å²) in [6, 6.07) is 59.5. The molecule has 0 spiro atoms. The van der Waals surface area contributed by atoms with Crippen LogP contribution in [-0.4, -0.2) is 9.38 Å². The van der Waals surface area contributed by atoms with Gasteiger partial charge in [-0.15, -0.1) is 0 Å². The molecule has 234 valence electrons. The SMILES string of the molecule is O=P(c1ccccc1)(c1ccccc1)c1ccc2c(c1)c1ccccc1c1nc3ccc(P(=O)(c4ccccc4)c4ccccc4)cc3n21. The first-order valence-corrected chi connectivity index (χ1v) is 19.7. The largest absolute Gasteiger partial charge is 0.309 e. The maximum atomic E-state index is 15.4. The molecule has 0 saturated heterocycles. The molecule has 0 fully saturated rings. The maximum Gasteiger partial charge on any atom is 0.171 e. The predicted octanol–water partition coefficient (Wildman–Crippen LogP) is 8.07. The molecule has 0 atom stereocenters. The summed E-state index contributed by atoms with van der Waals surface area (Å²) in [6.45, 7) is 0. The van der Waals surface area contributed by atoms with Gasteiger partial charge in [-0.1, -0.05) is 146 Å². The molecule has 2 aromatic heterocycles. The van der Waals surface area contributed by atoms with Crippen molar-refractivity contribution in [2.45, 2.75) is 0 Å². The van der Waals surface area contributed by atoms with Crippen LogP contribution in [0.1, 0.15) is 0 Å². The minimum absolute atomic E-state index is 0.745. The van der Waals surface area contributed by atoms with E-state index < -0.39 is 14.3 Å². The Morgan fingerprint density at radius 3 is 1.31 bits per heavy atom. The van der Waals surface area contributed by atoms with E-state index in [2.05, 4.69) is 34.7 Å². The molecule has 0 bridgehead atoms. The molecule has 6 heteroatoms. The van der Waals surface area contributed by atoms with Crippen LogP contribution in [0.5, 0.6) is 0 Å². The zero-order valence-electron chi connectivity index (χ0n) is 26.4. The van der Waals surface area contributed by atoms with Crippen LogP contribution in [0.4, 0.5) is 0 Å². The Morgan fingerprint density at radius 2 is 0.796 bits per heavy atom. The quantitative estimate of drug-likeness (QED) is 0.133. The molecule has 4 nitrogen and oxygen atoms in total. The molecule has 0 unspecified atom stereocenters. The molecule has 9 aromatic rings. The molecule has 0 aliphatic heterocycles. The summed E-state index contributed by atoms with van der Waals surface area (Å²) in [5.74, 6) is 0. The topological polar surface area (TPSA) is 51.4 Å². The third-order valence-corrected chi connectivity index (χ3v) is 15.6. The average molecular weight is 669 g/mol. The number of fused-ring (bicyclic) bond motifs is 8. The lowest BCUT2D eigenvalue weighted by Crippen LogP contribution is -2.25. The van der Waals surface area contributed by atoms with Crippen LogP contribution < -0.4 is 31.8 Å². The predicted molar refractivity (Wildman–Crippen MR) is 206 cm³/mol. The van der Waals surface area contributed by atoms with Crippen molar-refractivity contribution in [1.29, 1.82) is 0 Å². The smallest absolute Gasteiger partial charge is 0.171 e. The molecule has 9 rings (SSSR count). The van der Waals surface area contributed by atoms with E-state index >= 15 is 9.13 Å². The van der Waals surface area contributed by atoms with E-state index in [0.717, 1.165) is 70.2 Å². The summed E-state index contributed by atoms with van der Waals surface area (Å²) in [7, 11) is -6.43. The molecule has 0 amide bonds. The van der Waals surface area contributed by atoms with Gasteiger partial charge in [-0.05, 0) is 41.8 Å². The van der Waals surface area contributed by atoms with Crippen molar-refractivity contribution in [3.63, 3.8) is 0 Å². The second-order valence-corrected chi connectivity index (χ2v) is 17.8. The van der Waals surface area contributed by atoms with E-state index in [0.29, 0.717) is 0 Å². The summed E-state index contributed by atoms with van der Waals surface area (Å²) < 4.78 is 32.9. The van der Waals surface area contributed by atoms with Crippen LogP contribution in [0.3, 0.4) is 0 Å². The second-order valence-electron chi connectivity index (χ2n) is 12.3. The van der Waals surface area contributed by atoms with Gasteiger partial charge in [-0.2, -0.15) is 0 Å². The number of rotatable bonds is 6. The summed E-state index contributed by atoms with van der Waals surface area (Å²) in [5, 5.41) is 7.68. The summed E-state index contributed by atoms with van der Waals surface area (Å²) in [4.78, 5) is 5.15. The van der Waals surface area contributed by atoms with E-state index in [1.165, 1.54) is 0 Å². The normalized spacial score (nSPS) is 12.2. The van der Waals surface area contributed by atoms with Crippen LogP contribution in [0.15, 0.2) is 182 Å². The van der Waals surface area contributed by atoms with Gasteiger partial charge in [0.25, 0.3) is 0 Å². The highest BCUT2D eigenvalue weighted by molar-refractivity contribution is 7.85. The van der Waals surface area contributed by atoms with E-state index in [1.807, 2.05) is 152 Å². The highest BCUT2D eigenvalue weighted by Gasteiger charge is 2.32. The van der Waals surface area contributed by atoms with Crippen LogP contribution in [-0.2, 0) is 9.13 Å². The summed E-state index contributed by atoms with van der Waals surface area (Å²) in [5.41, 5.74) is 3.46. The number of aromatic nitrogens is 2. The third kappa shape index (κ3) is 4.56. The molecule has 49 heavy (non-hydrogen) atoms. The molecule has 2 heterocycles. The lowest BCUT2D eigenvalue weighted by Gasteiger charge is -2.21. The van der Waals surface area contributed by atoms with Gasteiger partial charge in [0.1, 0.15) is 5.65 Å². The van der Waals surface area contributed by atoms with Crippen molar-refractivity contribution >= 4 is 84.5 Å². The molecule has 0 aliphatic carbocycles. The van der Waals surface area contributed by atoms with E-state index in [-0.39, 0.29) is 0 Å². The Labute approximate surface area is 284 Å². The standard InChI is InChI=1S/C43H30N2O2P2/c46-48(31-15-5-1-6-16-31,32-17-7-2-8-18-32)35-26-28-41-39(29-35)37-23-13-14-24-38(37)43-44-40-27-25-36(30-42(40)45(41)43)49(47,33-19-9-3-10-20-33)34-21-11-4-12-22-34/h1-30H. The molecular weight excluding hydrogens is 638 g/mol. The first-order valence-electron chi connectivity index (χ1n) is 16.3. The van der Waals surface area contributed by atoms with Crippen molar-refractivity contribution in [2.75, 3.05) is 0 Å². The lowest BCUT2D eigenvalue weighted by molar-refractivity contribution is 0.591. The van der Waals surface area contributed by atoms with E-state index in [9.17, 15) is 0 Å². The van der Waals surface area contributed by atoms with Gasteiger partial charge in [0.15, 0.2) is 14.3 Å². The van der Waals surface area contributed by atoms with Gasteiger partial charge >= 0.3 is 0 Å². The number of hydrogen-bond acceptors (Lipinski definition) is 3. The number of imidazole rings is 1. The third-order valence-electron chi connectivity index (χ3n) is 9.52. The summed E-state index contributed by atoms with van der Waals surface area (Å²) in [6.07, 6.45) is 0. The molecular formula is C43H30N2O2P2. The number of pyridine rings is 1. The highest BCUT2D eigenvalue weighted by atomic mass is 31.2. The number of hydrogen-bond donors (Lipinski definition) is 0. The van der Waals surface area contributed by atoms with E-state index in [1.54, 1.807) is 0 Å². The molecule has 0 aliphatic rings. The highest BCUT2D eigenvalue weighted by Crippen LogP contribution is 2.45. The Bertz CT molecular complexity index is 2680. The van der Waals surface area contributed by atoms with Crippen LogP contribution in [0.25, 0.3) is 38.4 Å². The Hall–Kier alpha value is -5.53. The zero-order valence-corrected chi connectivity index (χ0v) is 28.2. The zero-order chi connectivity index (χ0) is 33.0. The monoisotopic (exact) mass is 668 g/mol. The minimum atomic E-state index is -3.22. The Kier molecular flexibility index (Phi) is 6.99. The Morgan fingerprint density at radius 1 is 0.367 bits per heavy atom. The van der Waals surface area contributed by atoms with Crippen molar-refractivity contribution in [3.05, 3.63) is 182 Å². The van der Waals surface area contributed by atoms with Gasteiger partial charge in [-0.3, -0.25) is 4.40 Å². The van der Waals surface area contributed by atoms with Crippen molar-refractivity contribution in [3.8, 4) is 0 Å². The first-order chi connectivity index (χ1) is 24.1. The molecule has 0 radical (unpaired) electrons. The van der Waals surface area contributed by atoms with Crippen LogP contribution in [0.2, 0.25) is 0 Å². The fourth-order valence-corrected chi connectivity index (χ4v) is 12.5. The minimum Gasteiger partial charge on any atom is -0.309 e. The fraction of sp³-hybridized carbons (Fsp3) is 0. The fourth-order valence-electron chi connectivity index (χ4n) is 7.17. The number of benzene rings is 7. The Balaban J connectivity index is 1.35. The van der Waals surface area contributed by atoms with Gasteiger partial charge in [0.2, 0.25) is 0 Å². The summed E-state index contributed by atoms with van der Waals surface area (Å²) >= 11 is 0. The van der Waals surface area contributed by atoms with Gasteiger partial charge in [0, 0.05) is 42.6 Å². The molecule has 0 saturated carbocycles. The van der Waals surface area contributed by atoms with Crippen molar-refractivity contribution in [1.82, 2.24) is 9.38 Å². The lowest BCUT2D eigenvalue weighted by atomic mass is 10.1. The average Bonchev–Trinajstić information content (AvgIpc) is 3.58. The maximum absolute atomic E-state index is 15.4. The van der Waals surface area contributed by atoms with E-state index in [4.69, 9.17) is 4.98 Å². The van der Waals surface area contributed by atoms with Gasteiger partial charge < -0.3 is 9.13 Å². The van der Waals surface area contributed by atoms with Crippen LogP contribution >= 0.6 is 14.3 Å². The first kappa shape index (κ1) is 29.6. The van der Waals surface area contributed by atoms with Gasteiger partial charge in [-0.25, -0.2) is 4.98 Å². The van der Waals surface area contributed by atoms with Crippen molar-refractivity contribution < 1.29 is 9.13 Å². The number of nitrogens with zero attached hydrogens (tertiary/aromatic N) is 2. The van der Waals surface area contributed by atoms with Crippen LogP contribution in [0, 0.1) is 0 Å².